The van der Waals surface area contributed by atoms with E-state index in [4.69, 9.17) is 0 Å². The standard InChI is InChI=1S/C16H33N2.ClH/c1-2-3-4-5-6-7-8-9-13-18-14-10-17(11-15-18)12-16-18;/h2-16H2,1H3;1H/q+1;/p-1. The summed E-state index contributed by atoms with van der Waals surface area (Å²) in [5, 5.41) is 0. The summed E-state index contributed by atoms with van der Waals surface area (Å²) < 4.78 is 1.46. The molecule has 0 N–H and O–H groups in total. The van der Waals surface area contributed by atoms with Crippen LogP contribution in [0, 0.1) is 0 Å². The molecule has 3 fully saturated rings. The Hall–Kier alpha value is 0.210. The molecule has 0 amide bonds. The summed E-state index contributed by atoms with van der Waals surface area (Å²) >= 11 is 0. The molecule has 0 aromatic heterocycles. The van der Waals surface area contributed by atoms with Crippen LogP contribution in [0.5, 0.6) is 0 Å². The smallest absolute Gasteiger partial charge is 0.0916 e. The van der Waals surface area contributed by atoms with E-state index in [1.54, 1.807) is 0 Å². The Balaban J connectivity index is 0.00000180. The van der Waals surface area contributed by atoms with Gasteiger partial charge >= 0.3 is 0 Å². The summed E-state index contributed by atoms with van der Waals surface area (Å²) in [4.78, 5) is 2.65. The third-order valence-corrected chi connectivity index (χ3v) is 5.16. The fourth-order valence-corrected chi connectivity index (χ4v) is 3.65. The van der Waals surface area contributed by atoms with Crippen LogP contribution in [-0.4, -0.2) is 55.2 Å². The first-order chi connectivity index (χ1) is 8.85. The van der Waals surface area contributed by atoms with Gasteiger partial charge in [-0.15, -0.1) is 0 Å². The molecule has 0 aromatic carbocycles. The Kier molecular flexibility index (Phi) is 8.36. The van der Waals surface area contributed by atoms with Gasteiger partial charge in [0.2, 0.25) is 0 Å². The molecule has 0 atom stereocenters. The van der Waals surface area contributed by atoms with Gasteiger partial charge in [-0.3, -0.25) is 4.90 Å². The van der Waals surface area contributed by atoms with Gasteiger partial charge in [0.25, 0.3) is 0 Å². The summed E-state index contributed by atoms with van der Waals surface area (Å²) in [6.45, 7) is 12.2. The number of fused-ring (bicyclic) bond motifs is 3. The van der Waals surface area contributed by atoms with Crippen molar-refractivity contribution < 1.29 is 16.9 Å². The van der Waals surface area contributed by atoms with E-state index in [-0.39, 0.29) is 12.4 Å². The minimum atomic E-state index is 0. The molecule has 0 aromatic rings. The van der Waals surface area contributed by atoms with Gasteiger partial charge < -0.3 is 16.9 Å². The van der Waals surface area contributed by atoms with Crippen molar-refractivity contribution in [2.24, 2.45) is 0 Å². The predicted octanol–water partition coefficient (Wildman–Crippen LogP) is 0.277. The van der Waals surface area contributed by atoms with Gasteiger partial charge in [0.1, 0.15) is 0 Å². The zero-order valence-electron chi connectivity index (χ0n) is 12.9. The van der Waals surface area contributed by atoms with Crippen LogP contribution in [0.4, 0.5) is 0 Å². The quantitative estimate of drug-likeness (QED) is 0.435. The van der Waals surface area contributed by atoms with Gasteiger partial charge in [-0.2, -0.15) is 0 Å². The van der Waals surface area contributed by atoms with Gasteiger partial charge in [0.15, 0.2) is 0 Å². The normalized spacial score (nSPS) is 29.2. The van der Waals surface area contributed by atoms with Crippen LogP contribution in [0.15, 0.2) is 0 Å². The van der Waals surface area contributed by atoms with Crippen LogP contribution in [0.1, 0.15) is 58.3 Å². The number of nitrogens with zero attached hydrogens (tertiary/aromatic N) is 2. The molecule has 0 spiro atoms. The van der Waals surface area contributed by atoms with Crippen LogP contribution >= 0.6 is 0 Å². The summed E-state index contributed by atoms with van der Waals surface area (Å²) in [6.07, 6.45) is 11.7. The summed E-state index contributed by atoms with van der Waals surface area (Å²) in [5.74, 6) is 0. The largest absolute Gasteiger partial charge is 1.00 e. The molecule has 3 aliphatic rings. The Morgan fingerprint density at radius 3 is 1.74 bits per heavy atom. The highest BCUT2D eigenvalue weighted by Gasteiger charge is 2.37. The molecule has 3 aliphatic heterocycles. The topological polar surface area (TPSA) is 3.24 Å². The third-order valence-electron chi connectivity index (χ3n) is 5.16. The molecule has 3 saturated heterocycles. The maximum atomic E-state index is 2.65. The summed E-state index contributed by atoms with van der Waals surface area (Å²) in [6, 6.07) is 0. The van der Waals surface area contributed by atoms with Crippen LogP contribution in [-0.2, 0) is 0 Å². The second-order valence-corrected chi connectivity index (χ2v) is 6.55. The van der Waals surface area contributed by atoms with E-state index in [2.05, 4.69) is 11.8 Å². The van der Waals surface area contributed by atoms with Crippen molar-refractivity contribution in [1.82, 2.24) is 4.90 Å². The number of hydrogen-bond acceptors (Lipinski definition) is 1. The maximum absolute atomic E-state index is 2.65. The second-order valence-electron chi connectivity index (χ2n) is 6.55. The number of piperazine rings is 3. The third kappa shape index (κ3) is 5.61. The van der Waals surface area contributed by atoms with Crippen LogP contribution in [0.2, 0.25) is 0 Å². The fraction of sp³-hybridized carbons (Fsp3) is 1.00. The highest BCUT2D eigenvalue weighted by molar-refractivity contribution is 4.70. The van der Waals surface area contributed by atoms with E-state index in [9.17, 15) is 0 Å². The lowest BCUT2D eigenvalue weighted by molar-refractivity contribution is -0.941. The van der Waals surface area contributed by atoms with Crippen LogP contribution < -0.4 is 12.4 Å². The molecule has 2 nitrogen and oxygen atoms in total. The predicted molar refractivity (Wildman–Crippen MR) is 78.8 cm³/mol. The Bertz CT molecular complexity index is 211. The average molecular weight is 289 g/mol. The van der Waals surface area contributed by atoms with E-state index < -0.39 is 0 Å². The van der Waals surface area contributed by atoms with Crippen LogP contribution in [0.25, 0.3) is 0 Å². The Morgan fingerprint density at radius 2 is 1.21 bits per heavy atom. The first kappa shape index (κ1) is 17.3. The van der Waals surface area contributed by atoms with Crippen LogP contribution in [0.3, 0.4) is 0 Å². The molecular formula is C16H33ClN2. The first-order valence-electron chi connectivity index (χ1n) is 8.42. The number of rotatable bonds is 9. The van der Waals surface area contributed by atoms with E-state index in [1.807, 2.05) is 0 Å². The minimum Gasteiger partial charge on any atom is -1.00 e. The molecule has 0 saturated carbocycles. The fourth-order valence-electron chi connectivity index (χ4n) is 3.65. The van der Waals surface area contributed by atoms with Crippen molar-refractivity contribution in [3.63, 3.8) is 0 Å². The van der Waals surface area contributed by atoms with E-state index >= 15 is 0 Å². The second kappa shape index (κ2) is 9.20. The lowest BCUT2D eigenvalue weighted by Crippen LogP contribution is -3.00. The van der Waals surface area contributed by atoms with Crippen molar-refractivity contribution in [3.8, 4) is 0 Å². The average Bonchev–Trinajstić information content (AvgIpc) is 2.44. The van der Waals surface area contributed by atoms with Gasteiger partial charge in [-0.05, 0) is 12.8 Å². The maximum Gasteiger partial charge on any atom is 0.0916 e. The van der Waals surface area contributed by atoms with Crippen molar-refractivity contribution in [3.05, 3.63) is 0 Å². The SMILES string of the molecule is CCCCCCCCCC[N+]12CCN(CC1)CC2.[Cl-]. The molecule has 0 unspecified atom stereocenters. The van der Waals surface area contributed by atoms with Gasteiger partial charge in [-0.1, -0.05) is 45.4 Å². The Morgan fingerprint density at radius 1 is 0.737 bits per heavy atom. The van der Waals surface area contributed by atoms with Gasteiger partial charge in [0, 0.05) is 19.6 Å². The minimum absolute atomic E-state index is 0. The molecule has 114 valence electrons. The van der Waals surface area contributed by atoms with E-state index in [0.717, 1.165) is 0 Å². The number of hydrogen-bond donors (Lipinski definition) is 0. The zero-order chi connectivity index (χ0) is 12.7. The Labute approximate surface area is 126 Å². The van der Waals surface area contributed by atoms with Crippen molar-refractivity contribution in [2.45, 2.75) is 58.3 Å². The molecule has 19 heavy (non-hydrogen) atoms. The van der Waals surface area contributed by atoms with Crippen molar-refractivity contribution >= 4 is 0 Å². The molecule has 0 aliphatic carbocycles. The summed E-state index contributed by atoms with van der Waals surface area (Å²) in [5.41, 5.74) is 0. The molecule has 3 heterocycles. The molecule has 3 rings (SSSR count). The van der Waals surface area contributed by atoms with E-state index in [1.165, 1.54) is 102 Å². The van der Waals surface area contributed by atoms with E-state index in [0.29, 0.717) is 0 Å². The zero-order valence-corrected chi connectivity index (χ0v) is 13.6. The van der Waals surface area contributed by atoms with Crippen molar-refractivity contribution in [1.29, 1.82) is 0 Å². The monoisotopic (exact) mass is 288 g/mol. The molecule has 0 radical (unpaired) electrons. The number of halogens is 1. The lowest BCUT2D eigenvalue weighted by Gasteiger charge is -2.50. The summed E-state index contributed by atoms with van der Waals surface area (Å²) in [7, 11) is 0. The number of unbranched alkanes of at least 4 members (excludes halogenated alkanes) is 7. The highest BCUT2D eigenvalue weighted by Crippen LogP contribution is 2.21. The van der Waals surface area contributed by atoms with Gasteiger partial charge in [-0.25, -0.2) is 0 Å². The molecule has 2 bridgehead atoms. The molecular weight excluding hydrogens is 256 g/mol. The van der Waals surface area contributed by atoms with Crippen molar-refractivity contribution in [2.75, 3.05) is 45.8 Å². The lowest BCUT2D eigenvalue weighted by atomic mass is 10.1. The van der Waals surface area contributed by atoms with Gasteiger partial charge in [0.05, 0.1) is 26.2 Å². The first-order valence-corrected chi connectivity index (χ1v) is 8.42. The number of quaternary nitrogens is 1. The molecule has 3 heteroatoms. The highest BCUT2D eigenvalue weighted by atomic mass is 35.5.